The fourth-order valence-corrected chi connectivity index (χ4v) is 5.47. The van der Waals surface area contributed by atoms with Crippen LogP contribution < -0.4 is 4.74 Å². The van der Waals surface area contributed by atoms with Crippen LogP contribution in [-0.4, -0.2) is 20.4 Å². The number of sulfone groups is 1. The average molecular weight is 432 g/mol. The van der Waals surface area contributed by atoms with Crippen LogP contribution in [0.1, 0.15) is 16.0 Å². The Balaban J connectivity index is 1.53. The molecule has 0 spiro atoms. The van der Waals surface area contributed by atoms with Gasteiger partial charge in [0.1, 0.15) is 5.75 Å². The van der Waals surface area contributed by atoms with Gasteiger partial charge < -0.3 is 9.64 Å². The monoisotopic (exact) mass is 431 g/mol. The molecule has 1 aliphatic rings. The van der Waals surface area contributed by atoms with Gasteiger partial charge in [-0.3, -0.25) is 0 Å². The first kappa shape index (κ1) is 19.1. The molecule has 28 heavy (non-hydrogen) atoms. The van der Waals surface area contributed by atoms with Gasteiger partial charge in [0, 0.05) is 23.7 Å². The van der Waals surface area contributed by atoms with Crippen molar-refractivity contribution >= 4 is 38.9 Å². The number of benzene rings is 2. The third-order valence-corrected chi connectivity index (χ3v) is 7.64. The fourth-order valence-electron chi connectivity index (χ4n) is 3.11. The molecule has 144 valence electrons. The van der Waals surface area contributed by atoms with Crippen LogP contribution in [0.3, 0.4) is 0 Å². The average Bonchev–Trinajstić information content (AvgIpc) is 3.16. The lowest BCUT2D eigenvalue weighted by Crippen LogP contribution is -2.18. The quantitative estimate of drug-likeness (QED) is 0.555. The van der Waals surface area contributed by atoms with Crippen molar-refractivity contribution in [1.82, 2.24) is 4.90 Å². The number of rotatable bonds is 5. The molecule has 0 fully saturated rings. The molecule has 4 rings (SSSR count). The Morgan fingerprint density at radius 1 is 1.11 bits per heavy atom. The molecule has 0 amide bonds. The molecule has 0 saturated heterocycles. The summed E-state index contributed by atoms with van der Waals surface area (Å²) >= 11 is 7.76. The van der Waals surface area contributed by atoms with Gasteiger partial charge in [-0.2, -0.15) is 0 Å². The van der Waals surface area contributed by atoms with E-state index in [0.717, 1.165) is 18.7 Å². The van der Waals surface area contributed by atoms with Gasteiger partial charge in [-0.05, 0) is 52.9 Å². The lowest BCUT2D eigenvalue weighted by Gasteiger charge is -2.23. The summed E-state index contributed by atoms with van der Waals surface area (Å²) in [5.74, 6) is 0.337. The predicted molar refractivity (Wildman–Crippen MR) is 112 cm³/mol. The molecule has 1 aliphatic heterocycles. The van der Waals surface area contributed by atoms with Gasteiger partial charge in [0.2, 0.25) is 9.84 Å². The van der Waals surface area contributed by atoms with Crippen LogP contribution in [0, 0.1) is 0 Å². The predicted octanol–water partition coefficient (Wildman–Crippen LogP) is 5.23. The Morgan fingerprint density at radius 2 is 1.86 bits per heavy atom. The molecular formula is C21H18ClNO3S2. The molecule has 0 N–H and O–H groups in total. The van der Waals surface area contributed by atoms with Crippen molar-refractivity contribution in [1.29, 1.82) is 0 Å². The van der Waals surface area contributed by atoms with E-state index in [1.165, 1.54) is 35.7 Å². The smallest absolute Gasteiger partial charge is 0.206 e. The maximum Gasteiger partial charge on any atom is 0.206 e. The Hall–Kier alpha value is -2.28. The van der Waals surface area contributed by atoms with Crippen molar-refractivity contribution in [3.05, 3.63) is 81.1 Å². The van der Waals surface area contributed by atoms with Gasteiger partial charge in [0.05, 0.1) is 28.5 Å². The van der Waals surface area contributed by atoms with Gasteiger partial charge in [0.25, 0.3) is 0 Å². The van der Waals surface area contributed by atoms with E-state index in [1.807, 2.05) is 12.1 Å². The summed E-state index contributed by atoms with van der Waals surface area (Å²) in [6, 6.07) is 13.6. The summed E-state index contributed by atoms with van der Waals surface area (Å²) in [7, 11) is -2.18. The number of methoxy groups -OCH3 is 1. The molecule has 2 aromatic carbocycles. The number of ether oxygens (including phenoxy) is 1. The highest BCUT2D eigenvalue weighted by atomic mass is 35.5. The summed E-state index contributed by atoms with van der Waals surface area (Å²) in [4.78, 5) is 3.96. The molecule has 0 saturated carbocycles. The number of thiophene rings is 1. The highest BCUT2D eigenvalue weighted by Gasteiger charge is 2.19. The van der Waals surface area contributed by atoms with Crippen LogP contribution in [0.4, 0.5) is 0 Å². The van der Waals surface area contributed by atoms with Gasteiger partial charge in [-0.1, -0.05) is 23.7 Å². The summed E-state index contributed by atoms with van der Waals surface area (Å²) in [5.41, 5.74) is 2.33. The van der Waals surface area contributed by atoms with Gasteiger partial charge in [-0.25, -0.2) is 8.42 Å². The van der Waals surface area contributed by atoms with Crippen LogP contribution in [0.25, 0.3) is 6.08 Å². The van der Waals surface area contributed by atoms with Crippen molar-refractivity contribution in [3.8, 4) is 5.75 Å². The third-order valence-electron chi connectivity index (χ3n) is 4.64. The first-order valence-corrected chi connectivity index (χ1v) is 11.4. The highest BCUT2D eigenvalue weighted by Crippen LogP contribution is 2.30. The van der Waals surface area contributed by atoms with Crippen molar-refractivity contribution in [2.75, 3.05) is 7.11 Å². The molecule has 0 bridgehead atoms. The van der Waals surface area contributed by atoms with Crippen molar-refractivity contribution in [3.63, 3.8) is 0 Å². The molecule has 0 aliphatic carbocycles. The molecular weight excluding hydrogens is 414 g/mol. The number of nitrogens with zero attached hydrogens (tertiary/aromatic N) is 1. The van der Waals surface area contributed by atoms with Gasteiger partial charge in [-0.15, -0.1) is 11.3 Å². The largest absolute Gasteiger partial charge is 0.495 e. The SMILES string of the molecule is COc1cc(S(=O)(=O)c2ccc(CN3C=Cc4ccsc4C3)cc2)ccc1Cl. The zero-order chi connectivity index (χ0) is 19.7. The number of hydrogen-bond acceptors (Lipinski definition) is 5. The van der Waals surface area contributed by atoms with Crippen molar-refractivity contribution < 1.29 is 13.2 Å². The number of fused-ring (bicyclic) bond motifs is 1. The topological polar surface area (TPSA) is 46.6 Å². The molecule has 3 aromatic rings. The van der Waals surface area contributed by atoms with E-state index in [1.54, 1.807) is 23.5 Å². The number of halogens is 1. The minimum Gasteiger partial charge on any atom is -0.495 e. The second kappa shape index (κ2) is 7.62. The third kappa shape index (κ3) is 3.68. The van der Waals surface area contributed by atoms with Crippen molar-refractivity contribution in [2.45, 2.75) is 22.9 Å². The Kier molecular flexibility index (Phi) is 5.19. The second-order valence-electron chi connectivity index (χ2n) is 6.46. The molecule has 1 aromatic heterocycles. The first-order valence-electron chi connectivity index (χ1n) is 8.63. The fraction of sp³-hybridized carbons (Fsp3) is 0.143. The van der Waals surface area contributed by atoms with Crippen LogP contribution in [0.15, 0.2) is 69.9 Å². The summed E-state index contributed by atoms with van der Waals surface area (Å²) in [5, 5.41) is 2.48. The first-order chi connectivity index (χ1) is 13.5. The molecule has 0 radical (unpaired) electrons. The lowest BCUT2D eigenvalue weighted by atomic mass is 10.1. The van der Waals surface area contributed by atoms with Crippen molar-refractivity contribution in [2.24, 2.45) is 0 Å². The maximum atomic E-state index is 12.9. The molecule has 4 nitrogen and oxygen atoms in total. The maximum absolute atomic E-state index is 12.9. The van der Waals surface area contributed by atoms with Crippen LogP contribution in [-0.2, 0) is 22.9 Å². The normalized spacial score (nSPS) is 13.4. The number of hydrogen-bond donors (Lipinski definition) is 0. The van der Waals surface area contributed by atoms with Gasteiger partial charge >= 0.3 is 0 Å². The zero-order valence-corrected chi connectivity index (χ0v) is 17.5. The Labute approximate surface area is 173 Å². The van der Waals surface area contributed by atoms with E-state index in [0.29, 0.717) is 10.8 Å². The molecule has 2 heterocycles. The van der Waals surface area contributed by atoms with E-state index in [2.05, 4.69) is 28.6 Å². The summed E-state index contributed by atoms with van der Waals surface area (Å²) < 4.78 is 30.9. The van der Waals surface area contributed by atoms with E-state index in [4.69, 9.17) is 16.3 Å². The molecule has 0 unspecified atom stereocenters. The van der Waals surface area contributed by atoms with Crippen LogP contribution in [0.2, 0.25) is 5.02 Å². The standard InChI is InChI=1S/C21H18ClNO3S2/c1-26-20-12-18(6-7-19(20)22)28(24,25)17-4-2-15(3-5-17)13-23-10-8-16-9-11-27-21(16)14-23/h2-12H,13-14H2,1H3. The van der Waals surface area contributed by atoms with Crippen LogP contribution >= 0.6 is 22.9 Å². The van der Waals surface area contributed by atoms with E-state index in [-0.39, 0.29) is 9.79 Å². The van der Waals surface area contributed by atoms with E-state index < -0.39 is 9.84 Å². The Bertz CT molecular complexity index is 1130. The van der Waals surface area contributed by atoms with Crippen LogP contribution in [0.5, 0.6) is 5.75 Å². The molecule has 0 atom stereocenters. The van der Waals surface area contributed by atoms with Gasteiger partial charge in [0.15, 0.2) is 0 Å². The minimum atomic E-state index is -3.64. The summed E-state index contributed by atoms with van der Waals surface area (Å²) in [6.07, 6.45) is 4.20. The minimum absolute atomic E-state index is 0.158. The van der Waals surface area contributed by atoms with E-state index in [9.17, 15) is 8.42 Å². The Morgan fingerprint density at radius 3 is 2.61 bits per heavy atom. The lowest BCUT2D eigenvalue weighted by molar-refractivity contribution is 0.363. The zero-order valence-electron chi connectivity index (χ0n) is 15.1. The summed E-state index contributed by atoms with van der Waals surface area (Å²) in [6.45, 7) is 1.59. The highest BCUT2D eigenvalue weighted by molar-refractivity contribution is 7.91. The molecule has 7 heteroatoms. The van der Waals surface area contributed by atoms with E-state index >= 15 is 0 Å². The second-order valence-corrected chi connectivity index (χ2v) is 9.82.